The molecule has 1 aromatic heterocycles. The highest BCUT2D eigenvalue weighted by Gasteiger charge is 2.30. The first kappa shape index (κ1) is 18.7. The molecule has 0 aromatic carbocycles. The number of nitrogens with zero attached hydrogens (tertiary/aromatic N) is 4. The monoisotopic (exact) mass is 377 g/mol. The van der Waals surface area contributed by atoms with Crippen LogP contribution in [0.4, 0.5) is 10.6 Å². The van der Waals surface area contributed by atoms with Crippen molar-refractivity contribution in [3.8, 4) is 0 Å². The van der Waals surface area contributed by atoms with Gasteiger partial charge in [0.25, 0.3) is 5.24 Å². The molecule has 2 fully saturated rings. The topological polar surface area (TPSA) is 85.8 Å². The number of hydrogen-bond acceptors (Lipinski definition) is 7. The van der Waals surface area contributed by atoms with E-state index in [1.54, 1.807) is 6.20 Å². The Hall–Kier alpha value is -2.13. The number of carbonyl (C=O) groups is 3. The normalized spacial score (nSPS) is 19.7. The number of amides is 3. The minimum Gasteiger partial charge on any atom is -0.354 e. The minimum atomic E-state index is -0.250. The molecule has 0 spiro atoms. The first-order valence-electron chi connectivity index (χ1n) is 8.71. The van der Waals surface area contributed by atoms with Crippen molar-refractivity contribution in [1.29, 1.82) is 0 Å². The van der Waals surface area contributed by atoms with Crippen LogP contribution in [0.25, 0.3) is 0 Å². The predicted molar refractivity (Wildman–Crippen MR) is 100 cm³/mol. The molecular weight excluding hydrogens is 354 g/mol. The Morgan fingerprint density at radius 1 is 1.27 bits per heavy atom. The molecule has 0 aliphatic carbocycles. The van der Waals surface area contributed by atoms with Gasteiger partial charge in [-0.05, 0) is 19.1 Å². The average Bonchev–Trinajstić information content (AvgIpc) is 3.00. The van der Waals surface area contributed by atoms with Crippen LogP contribution >= 0.6 is 11.8 Å². The minimum absolute atomic E-state index is 0.0805. The highest BCUT2D eigenvalue weighted by molar-refractivity contribution is 8.14. The van der Waals surface area contributed by atoms with Crippen LogP contribution in [-0.2, 0) is 9.59 Å². The fraction of sp³-hybridized carbons (Fsp3) is 0.529. The van der Waals surface area contributed by atoms with Gasteiger partial charge >= 0.3 is 0 Å². The molecule has 1 atom stereocenters. The van der Waals surface area contributed by atoms with Gasteiger partial charge in [-0.2, -0.15) is 0 Å². The number of hydrogen-bond donors (Lipinski definition) is 1. The van der Waals surface area contributed by atoms with Crippen LogP contribution in [0.1, 0.15) is 6.92 Å². The standard InChI is InChI=1S/C17H23N5O3S/c1-13(16(24)19-6-7-22-15(23)12-26-17(22)25)20-8-10-21(11-9-20)14-4-2-3-5-18-14/h2-5,13H,6-12H2,1H3,(H,19,24)/t13-/m1/s1. The Bertz CT molecular complexity index is 648. The Morgan fingerprint density at radius 3 is 2.65 bits per heavy atom. The van der Waals surface area contributed by atoms with Crippen molar-refractivity contribution in [3.63, 3.8) is 0 Å². The van der Waals surface area contributed by atoms with E-state index in [1.807, 2.05) is 25.1 Å². The molecular formula is C17H23N5O3S. The number of imide groups is 1. The summed E-state index contributed by atoms with van der Waals surface area (Å²) in [6, 6.07) is 5.61. The third kappa shape index (κ3) is 4.34. The molecule has 2 saturated heterocycles. The van der Waals surface area contributed by atoms with Gasteiger partial charge in [0.1, 0.15) is 5.82 Å². The van der Waals surface area contributed by atoms with Crippen LogP contribution in [0.15, 0.2) is 24.4 Å². The first-order valence-corrected chi connectivity index (χ1v) is 9.69. The van der Waals surface area contributed by atoms with Gasteiger partial charge in [0.05, 0.1) is 11.8 Å². The highest BCUT2D eigenvalue weighted by Crippen LogP contribution is 2.18. The molecule has 0 radical (unpaired) electrons. The van der Waals surface area contributed by atoms with E-state index in [4.69, 9.17) is 0 Å². The summed E-state index contributed by atoms with van der Waals surface area (Å²) in [5, 5.41) is 2.60. The largest absolute Gasteiger partial charge is 0.354 e. The molecule has 140 valence electrons. The molecule has 0 bridgehead atoms. The molecule has 8 nitrogen and oxygen atoms in total. The molecule has 3 amide bonds. The van der Waals surface area contributed by atoms with E-state index < -0.39 is 0 Å². The van der Waals surface area contributed by atoms with Gasteiger partial charge in [0.15, 0.2) is 0 Å². The molecule has 0 unspecified atom stereocenters. The van der Waals surface area contributed by atoms with Crippen LogP contribution in [0.2, 0.25) is 0 Å². The highest BCUT2D eigenvalue weighted by atomic mass is 32.2. The van der Waals surface area contributed by atoms with Crippen molar-refractivity contribution < 1.29 is 14.4 Å². The van der Waals surface area contributed by atoms with E-state index in [-0.39, 0.29) is 41.9 Å². The Kier molecular flexibility index (Phi) is 6.10. The first-order chi connectivity index (χ1) is 12.6. The van der Waals surface area contributed by atoms with Crippen molar-refractivity contribution in [2.75, 3.05) is 49.9 Å². The molecule has 26 heavy (non-hydrogen) atoms. The lowest BCUT2D eigenvalue weighted by Crippen LogP contribution is -2.54. The lowest BCUT2D eigenvalue weighted by atomic mass is 10.2. The van der Waals surface area contributed by atoms with Crippen LogP contribution in [0, 0.1) is 0 Å². The van der Waals surface area contributed by atoms with Gasteiger partial charge in [-0.1, -0.05) is 17.8 Å². The second-order valence-electron chi connectivity index (χ2n) is 6.28. The molecule has 2 aliphatic heterocycles. The number of carbonyl (C=O) groups excluding carboxylic acids is 3. The van der Waals surface area contributed by atoms with Gasteiger partial charge in [0, 0.05) is 45.5 Å². The maximum absolute atomic E-state index is 12.4. The Morgan fingerprint density at radius 2 is 2.04 bits per heavy atom. The second kappa shape index (κ2) is 8.50. The number of anilines is 1. The fourth-order valence-electron chi connectivity index (χ4n) is 3.08. The van der Waals surface area contributed by atoms with E-state index in [0.29, 0.717) is 0 Å². The lowest BCUT2D eigenvalue weighted by Gasteiger charge is -2.38. The maximum atomic E-state index is 12.4. The van der Waals surface area contributed by atoms with E-state index in [2.05, 4.69) is 20.1 Å². The van der Waals surface area contributed by atoms with Crippen molar-refractivity contribution in [3.05, 3.63) is 24.4 Å². The van der Waals surface area contributed by atoms with Crippen LogP contribution < -0.4 is 10.2 Å². The predicted octanol–water partition coefficient (Wildman–Crippen LogP) is 0.404. The second-order valence-corrected chi connectivity index (χ2v) is 7.20. The molecule has 9 heteroatoms. The molecule has 1 N–H and O–H groups in total. The third-order valence-electron chi connectivity index (χ3n) is 4.69. The molecule has 3 rings (SSSR count). The van der Waals surface area contributed by atoms with Gasteiger partial charge < -0.3 is 10.2 Å². The van der Waals surface area contributed by atoms with Gasteiger partial charge in [0.2, 0.25) is 11.8 Å². The lowest BCUT2D eigenvalue weighted by molar-refractivity contribution is -0.127. The Labute approximate surface area is 156 Å². The summed E-state index contributed by atoms with van der Waals surface area (Å²) >= 11 is 1.01. The van der Waals surface area contributed by atoms with E-state index in [0.717, 1.165) is 43.8 Å². The maximum Gasteiger partial charge on any atom is 0.288 e. The number of piperazine rings is 1. The van der Waals surface area contributed by atoms with E-state index >= 15 is 0 Å². The number of thioether (sulfide) groups is 1. The quantitative estimate of drug-likeness (QED) is 0.768. The molecule has 2 aliphatic rings. The zero-order chi connectivity index (χ0) is 18.5. The van der Waals surface area contributed by atoms with Crippen molar-refractivity contribution in [1.82, 2.24) is 20.1 Å². The molecule has 3 heterocycles. The van der Waals surface area contributed by atoms with Gasteiger partial charge in [-0.3, -0.25) is 24.2 Å². The average molecular weight is 377 g/mol. The van der Waals surface area contributed by atoms with Crippen molar-refractivity contribution >= 4 is 34.6 Å². The number of pyridine rings is 1. The fourth-order valence-corrected chi connectivity index (χ4v) is 3.83. The van der Waals surface area contributed by atoms with E-state index in [1.165, 1.54) is 4.90 Å². The third-order valence-corrected chi connectivity index (χ3v) is 5.55. The summed E-state index contributed by atoms with van der Waals surface area (Å²) < 4.78 is 0. The molecule has 0 saturated carbocycles. The summed E-state index contributed by atoms with van der Waals surface area (Å²) in [5.41, 5.74) is 0. The smallest absolute Gasteiger partial charge is 0.288 e. The van der Waals surface area contributed by atoms with Crippen molar-refractivity contribution in [2.24, 2.45) is 0 Å². The van der Waals surface area contributed by atoms with Crippen LogP contribution in [-0.4, -0.2) is 82.9 Å². The van der Waals surface area contributed by atoms with E-state index in [9.17, 15) is 14.4 Å². The van der Waals surface area contributed by atoms with Crippen LogP contribution in [0.5, 0.6) is 0 Å². The number of aromatic nitrogens is 1. The summed E-state index contributed by atoms with van der Waals surface area (Å²) in [4.78, 5) is 45.3. The number of rotatable bonds is 6. The summed E-state index contributed by atoms with van der Waals surface area (Å²) in [5.74, 6) is 0.891. The summed E-state index contributed by atoms with van der Waals surface area (Å²) in [7, 11) is 0. The van der Waals surface area contributed by atoms with Crippen molar-refractivity contribution in [2.45, 2.75) is 13.0 Å². The molecule has 1 aromatic rings. The summed E-state index contributed by atoms with van der Waals surface area (Å²) in [6.45, 7) is 5.61. The Balaban J connectivity index is 1.41. The van der Waals surface area contributed by atoms with Gasteiger partial charge in [-0.25, -0.2) is 4.98 Å². The SMILES string of the molecule is C[C@H](C(=O)NCCN1C(=O)CSC1=O)N1CCN(c2ccccn2)CC1. The van der Waals surface area contributed by atoms with Crippen LogP contribution in [0.3, 0.4) is 0 Å². The zero-order valence-corrected chi connectivity index (χ0v) is 15.6. The summed E-state index contributed by atoms with van der Waals surface area (Å²) in [6.07, 6.45) is 1.78. The van der Waals surface area contributed by atoms with Gasteiger partial charge in [-0.15, -0.1) is 0 Å². The zero-order valence-electron chi connectivity index (χ0n) is 14.8. The number of nitrogens with one attached hydrogen (secondary N) is 1.